The van der Waals surface area contributed by atoms with Gasteiger partial charge in [-0.2, -0.15) is 0 Å². The zero-order valence-electron chi connectivity index (χ0n) is 8.70. The summed E-state index contributed by atoms with van der Waals surface area (Å²) in [5, 5.41) is 10.4. The lowest BCUT2D eigenvalue weighted by Crippen LogP contribution is -2.27. The van der Waals surface area contributed by atoms with Gasteiger partial charge in [0.05, 0.1) is 22.5 Å². The summed E-state index contributed by atoms with van der Waals surface area (Å²) < 4.78 is 30.7. The van der Waals surface area contributed by atoms with E-state index >= 15 is 0 Å². The second-order valence-electron chi connectivity index (χ2n) is 3.56. The molecule has 0 radical (unpaired) electrons. The molecule has 0 saturated carbocycles. The summed E-state index contributed by atoms with van der Waals surface area (Å²) in [6.45, 7) is 0.780. The molecule has 1 atom stereocenters. The average molecular weight is 258 g/mol. The number of ether oxygens (including phenoxy) is 1. The molecule has 1 aromatic carbocycles. The highest BCUT2D eigenvalue weighted by Gasteiger charge is 2.25. The number of rotatable bonds is 5. The first-order valence-corrected chi connectivity index (χ1v) is 6.33. The van der Waals surface area contributed by atoms with Crippen LogP contribution in [0.5, 0.6) is 0 Å². The summed E-state index contributed by atoms with van der Waals surface area (Å²) in [6, 6.07) is 4.72. The van der Waals surface area contributed by atoms with E-state index in [9.17, 15) is 18.5 Å². The fourth-order valence-corrected chi connectivity index (χ4v) is 2.29. The second kappa shape index (κ2) is 4.40. The van der Waals surface area contributed by atoms with Crippen LogP contribution in [-0.4, -0.2) is 32.6 Å². The maximum absolute atomic E-state index is 11.7. The molecule has 1 aromatic rings. The van der Waals surface area contributed by atoms with E-state index in [1.165, 1.54) is 12.1 Å². The van der Waals surface area contributed by atoms with E-state index in [1.54, 1.807) is 0 Å². The molecule has 0 aromatic heterocycles. The average Bonchev–Trinajstić information content (AvgIpc) is 3.10. The highest BCUT2D eigenvalue weighted by atomic mass is 32.2. The van der Waals surface area contributed by atoms with Crippen molar-refractivity contribution in [2.45, 2.75) is 11.0 Å². The van der Waals surface area contributed by atoms with Gasteiger partial charge in [-0.05, 0) is 12.1 Å². The Kier molecular flexibility index (Phi) is 3.09. The smallest absolute Gasteiger partial charge is 0.269 e. The number of nitro benzene ring substituents is 1. The van der Waals surface area contributed by atoms with E-state index in [-0.39, 0.29) is 23.2 Å². The molecule has 17 heavy (non-hydrogen) atoms. The van der Waals surface area contributed by atoms with Gasteiger partial charge in [0.15, 0.2) is 0 Å². The van der Waals surface area contributed by atoms with Gasteiger partial charge in [0.1, 0.15) is 0 Å². The Labute approximate surface area is 97.6 Å². The molecular weight excluding hydrogens is 248 g/mol. The summed E-state index contributed by atoms with van der Waals surface area (Å²) in [5.41, 5.74) is -0.144. The van der Waals surface area contributed by atoms with Crippen molar-refractivity contribution in [2.24, 2.45) is 0 Å². The number of nitro groups is 1. The molecule has 0 spiro atoms. The number of hydrogen-bond donors (Lipinski definition) is 1. The van der Waals surface area contributed by atoms with Gasteiger partial charge in [0.25, 0.3) is 5.69 Å². The number of epoxide rings is 1. The summed E-state index contributed by atoms with van der Waals surface area (Å²) >= 11 is 0. The minimum absolute atomic E-state index is 0.00347. The Hall–Kier alpha value is -1.51. The SMILES string of the molecule is O=[N+]([O-])c1ccc(S(=O)(=O)NC[C@@H]2CO2)cc1. The predicted octanol–water partition coefficient (Wildman–Crippen LogP) is 0.272. The van der Waals surface area contributed by atoms with E-state index in [0.29, 0.717) is 6.61 Å². The Morgan fingerprint density at radius 3 is 2.47 bits per heavy atom. The lowest BCUT2D eigenvalue weighted by atomic mass is 10.3. The quantitative estimate of drug-likeness (QED) is 0.464. The molecule has 0 unspecified atom stereocenters. The molecule has 0 amide bonds. The largest absolute Gasteiger partial charge is 0.372 e. The third-order valence-electron chi connectivity index (χ3n) is 2.26. The van der Waals surface area contributed by atoms with Crippen molar-refractivity contribution in [2.75, 3.05) is 13.2 Å². The van der Waals surface area contributed by atoms with Crippen molar-refractivity contribution in [3.8, 4) is 0 Å². The van der Waals surface area contributed by atoms with Gasteiger partial charge < -0.3 is 4.74 Å². The van der Waals surface area contributed by atoms with Gasteiger partial charge in [-0.3, -0.25) is 10.1 Å². The van der Waals surface area contributed by atoms with E-state index < -0.39 is 14.9 Å². The molecule has 0 bridgehead atoms. The topological polar surface area (TPSA) is 102 Å². The zero-order chi connectivity index (χ0) is 12.5. The van der Waals surface area contributed by atoms with Crippen LogP contribution in [0.2, 0.25) is 0 Å². The van der Waals surface area contributed by atoms with Crippen molar-refractivity contribution in [3.05, 3.63) is 34.4 Å². The molecule has 1 N–H and O–H groups in total. The van der Waals surface area contributed by atoms with Crippen LogP contribution >= 0.6 is 0 Å². The number of hydrogen-bond acceptors (Lipinski definition) is 5. The van der Waals surface area contributed by atoms with Crippen LogP contribution in [0.4, 0.5) is 5.69 Å². The standard InChI is InChI=1S/C9H10N2O5S/c12-11(13)7-1-3-9(4-2-7)17(14,15)10-5-8-6-16-8/h1-4,8,10H,5-6H2/t8-/m1/s1. The van der Waals surface area contributed by atoms with Gasteiger partial charge in [-0.25, -0.2) is 13.1 Å². The number of non-ortho nitro benzene ring substituents is 1. The van der Waals surface area contributed by atoms with E-state index in [4.69, 9.17) is 4.74 Å². The van der Waals surface area contributed by atoms with Crippen molar-refractivity contribution in [1.29, 1.82) is 0 Å². The molecule has 1 aliphatic heterocycles. The van der Waals surface area contributed by atoms with Gasteiger partial charge in [0.2, 0.25) is 10.0 Å². The maximum Gasteiger partial charge on any atom is 0.269 e. The van der Waals surface area contributed by atoms with Gasteiger partial charge in [-0.1, -0.05) is 0 Å². The second-order valence-corrected chi connectivity index (χ2v) is 5.33. The summed E-state index contributed by atoms with van der Waals surface area (Å²) in [7, 11) is -3.61. The molecule has 8 heteroatoms. The molecule has 1 saturated heterocycles. The zero-order valence-corrected chi connectivity index (χ0v) is 9.51. The molecule has 7 nitrogen and oxygen atoms in total. The first-order valence-electron chi connectivity index (χ1n) is 4.85. The number of benzene rings is 1. The molecular formula is C9H10N2O5S. The Bertz CT molecular complexity index is 521. The minimum atomic E-state index is -3.61. The predicted molar refractivity (Wildman–Crippen MR) is 58.0 cm³/mol. The third kappa shape index (κ3) is 2.99. The normalized spacial score (nSPS) is 18.9. The lowest BCUT2D eigenvalue weighted by molar-refractivity contribution is -0.384. The number of nitrogens with zero attached hydrogens (tertiary/aromatic N) is 1. The van der Waals surface area contributed by atoms with Crippen molar-refractivity contribution in [1.82, 2.24) is 4.72 Å². The fraction of sp³-hybridized carbons (Fsp3) is 0.333. The van der Waals surface area contributed by atoms with Crippen molar-refractivity contribution >= 4 is 15.7 Å². The molecule has 1 heterocycles. The Balaban J connectivity index is 2.11. The van der Waals surface area contributed by atoms with Gasteiger partial charge in [0, 0.05) is 18.7 Å². The van der Waals surface area contributed by atoms with Crippen LogP contribution in [0.3, 0.4) is 0 Å². The lowest BCUT2D eigenvalue weighted by Gasteiger charge is -2.04. The highest BCUT2D eigenvalue weighted by molar-refractivity contribution is 7.89. The van der Waals surface area contributed by atoms with Crippen molar-refractivity contribution < 1.29 is 18.1 Å². The van der Waals surface area contributed by atoms with Gasteiger partial charge in [-0.15, -0.1) is 0 Å². The molecule has 1 aliphatic rings. The maximum atomic E-state index is 11.7. The monoisotopic (exact) mass is 258 g/mol. The Morgan fingerprint density at radius 1 is 1.41 bits per heavy atom. The van der Waals surface area contributed by atoms with Crippen LogP contribution < -0.4 is 4.72 Å². The Morgan fingerprint density at radius 2 is 2.00 bits per heavy atom. The van der Waals surface area contributed by atoms with Crippen LogP contribution in [-0.2, 0) is 14.8 Å². The molecule has 0 aliphatic carbocycles. The minimum Gasteiger partial charge on any atom is -0.372 e. The van der Waals surface area contributed by atoms with E-state index in [0.717, 1.165) is 12.1 Å². The van der Waals surface area contributed by atoms with Crippen molar-refractivity contribution in [3.63, 3.8) is 0 Å². The fourth-order valence-electron chi connectivity index (χ4n) is 1.22. The van der Waals surface area contributed by atoms with Crippen LogP contribution in [0.25, 0.3) is 0 Å². The van der Waals surface area contributed by atoms with Crippen LogP contribution in [0, 0.1) is 10.1 Å². The van der Waals surface area contributed by atoms with E-state index in [1.807, 2.05) is 0 Å². The first kappa shape index (κ1) is 12.0. The third-order valence-corrected chi connectivity index (χ3v) is 3.70. The molecule has 1 fully saturated rings. The first-order chi connectivity index (χ1) is 7.99. The number of nitrogens with one attached hydrogen (secondary N) is 1. The van der Waals surface area contributed by atoms with Crippen LogP contribution in [0.15, 0.2) is 29.2 Å². The summed E-state index contributed by atoms with van der Waals surface area (Å²) in [6.07, 6.45) is -0.0529. The molecule has 92 valence electrons. The van der Waals surface area contributed by atoms with Crippen LogP contribution in [0.1, 0.15) is 0 Å². The summed E-state index contributed by atoms with van der Waals surface area (Å²) in [4.78, 5) is 9.83. The summed E-state index contributed by atoms with van der Waals surface area (Å²) in [5.74, 6) is 0. The molecule has 2 rings (SSSR count). The van der Waals surface area contributed by atoms with E-state index in [2.05, 4.69) is 4.72 Å². The van der Waals surface area contributed by atoms with Gasteiger partial charge >= 0.3 is 0 Å². The number of sulfonamides is 1. The highest BCUT2D eigenvalue weighted by Crippen LogP contribution is 2.16.